The molecule has 1 heterocycles. The number of aromatic amines is 2. The van der Waals surface area contributed by atoms with Gasteiger partial charge in [0.25, 0.3) is 5.91 Å². The Morgan fingerprint density at radius 2 is 1.75 bits per heavy atom. The zero-order valence-corrected chi connectivity index (χ0v) is 15.8. The van der Waals surface area contributed by atoms with E-state index in [4.69, 9.17) is 9.47 Å². The second-order valence-corrected chi connectivity index (χ2v) is 6.47. The number of rotatable bonds is 6. The van der Waals surface area contributed by atoms with E-state index in [0.29, 0.717) is 22.5 Å². The average Bonchev–Trinajstić information content (AvgIpc) is 3.00. The molecule has 2 aromatic carbocycles. The van der Waals surface area contributed by atoms with Crippen LogP contribution in [0.1, 0.15) is 18.1 Å². The normalized spacial score (nSPS) is 11.8. The molecule has 0 radical (unpaired) electrons. The SMILES string of the molecule is Cc1cccc(C)c1OCC(=O)O[C@H](C)C(=O)Nc1ccc2[nH]c(=O)[nH]c2c1. The van der Waals surface area contributed by atoms with Crippen LogP contribution >= 0.6 is 0 Å². The van der Waals surface area contributed by atoms with Gasteiger partial charge in [-0.3, -0.25) is 4.79 Å². The summed E-state index contributed by atoms with van der Waals surface area (Å²) in [7, 11) is 0. The molecule has 28 heavy (non-hydrogen) atoms. The van der Waals surface area contributed by atoms with Crippen LogP contribution in [0.25, 0.3) is 11.0 Å². The number of aromatic nitrogens is 2. The number of para-hydroxylation sites is 1. The molecule has 0 spiro atoms. The molecule has 0 aliphatic carbocycles. The van der Waals surface area contributed by atoms with Gasteiger partial charge in [-0.2, -0.15) is 0 Å². The molecule has 0 saturated carbocycles. The number of fused-ring (bicyclic) bond motifs is 1. The van der Waals surface area contributed by atoms with Gasteiger partial charge < -0.3 is 24.8 Å². The van der Waals surface area contributed by atoms with Crippen LogP contribution < -0.4 is 15.7 Å². The Morgan fingerprint density at radius 3 is 2.46 bits per heavy atom. The lowest BCUT2D eigenvalue weighted by Crippen LogP contribution is -2.31. The van der Waals surface area contributed by atoms with Crippen LogP contribution in [0, 0.1) is 13.8 Å². The van der Waals surface area contributed by atoms with Crippen molar-refractivity contribution >= 4 is 28.6 Å². The van der Waals surface area contributed by atoms with Crippen LogP contribution in [-0.4, -0.2) is 34.6 Å². The number of carbonyl (C=O) groups is 2. The third-order valence-corrected chi connectivity index (χ3v) is 4.20. The lowest BCUT2D eigenvalue weighted by molar-refractivity contribution is -0.155. The quantitative estimate of drug-likeness (QED) is 0.566. The summed E-state index contributed by atoms with van der Waals surface area (Å²) in [5.74, 6) is -0.501. The first-order valence-electron chi connectivity index (χ1n) is 8.75. The number of anilines is 1. The Labute approximate surface area is 160 Å². The maximum atomic E-state index is 12.3. The fraction of sp³-hybridized carbons (Fsp3) is 0.250. The van der Waals surface area contributed by atoms with Gasteiger partial charge in [0, 0.05) is 5.69 Å². The summed E-state index contributed by atoms with van der Waals surface area (Å²) >= 11 is 0. The third-order valence-electron chi connectivity index (χ3n) is 4.20. The van der Waals surface area contributed by atoms with Gasteiger partial charge in [-0.15, -0.1) is 0 Å². The minimum atomic E-state index is -1.00. The summed E-state index contributed by atoms with van der Waals surface area (Å²) in [4.78, 5) is 40.8. The number of carbonyl (C=O) groups excluding carboxylic acids is 2. The number of benzene rings is 2. The molecule has 1 atom stereocenters. The number of ether oxygens (including phenoxy) is 2. The van der Waals surface area contributed by atoms with Crippen LogP contribution in [0.4, 0.5) is 5.69 Å². The molecule has 8 heteroatoms. The Kier molecular flexibility index (Phi) is 5.49. The predicted molar refractivity (Wildman–Crippen MR) is 105 cm³/mol. The Bertz CT molecular complexity index is 1060. The summed E-state index contributed by atoms with van der Waals surface area (Å²) in [6, 6.07) is 10.6. The molecule has 146 valence electrons. The maximum Gasteiger partial charge on any atom is 0.344 e. The zero-order valence-electron chi connectivity index (χ0n) is 15.8. The van der Waals surface area contributed by atoms with Crippen LogP contribution in [0.15, 0.2) is 41.2 Å². The minimum absolute atomic E-state index is 0.292. The maximum absolute atomic E-state index is 12.3. The highest BCUT2D eigenvalue weighted by Gasteiger charge is 2.19. The highest BCUT2D eigenvalue weighted by Crippen LogP contribution is 2.22. The molecule has 3 rings (SSSR count). The Balaban J connectivity index is 1.55. The topological polar surface area (TPSA) is 113 Å². The second-order valence-electron chi connectivity index (χ2n) is 6.47. The van der Waals surface area contributed by atoms with Gasteiger partial charge in [0.2, 0.25) is 0 Å². The van der Waals surface area contributed by atoms with E-state index in [-0.39, 0.29) is 12.3 Å². The zero-order chi connectivity index (χ0) is 20.3. The van der Waals surface area contributed by atoms with Crippen LogP contribution in [0.3, 0.4) is 0 Å². The fourth-order valence-electron chi connectivity index (χ4n) is 2.80. The highest BCUT2D eigenvalue weighted by atomic mass is 16.6. The molecule has 3 aromatic rings. The number of esters is 1. The van der Waals surface area contributed by atoms with Gasteiger partial charge in [-0.1, -0.05) is 18.2 Å². The van der Waals surface area contributed by atoms with Crippen LogP contribution in [0.2, 0.25) is 0 Å². The molecule has 1 aromatic heterocycles. The molecular formula is C20H21N3O5. The molecule has 8 nitrogen and oxygen atoms in total. The smallest absolute Gasteiger partial charge is 0.344 e. The number of H-pyrrole nitrogens is 2. The lowest BCUT2D eigenvalue weighted by Gasteiger charge is -2.15. The first-order chi connectivity index (χ1) is 13.3. The van der Waals surface area contributed by atoms with E-state index >= 15 is 0 Å². The molecule has 0 aliphatic heterocycles. The molecule has 0 saturated heterocycles. The van der Waals surface area contributed by atoms with Crippen molar-refractivity contribution in [2.75, 3.05) is 11.9 Å². The molecule has 0 aliphatic rings. The van der Waals surface area contributed by atoms with Crippen molar-refractivity contribution in [1.82, 2.24) is 9.97 Å². The highest BCUT2D eigenvalue weighted by molar-refractivity contribution is 5.96. The van der Waals surface area contributed by atoms with Crippen molar-refractivity contribution in [1.29, 1.82) is 0 Å². The molecular weight excluding hydrogens is 362 g/mol. The first-order valence-corrected chi connectivity index (χ1v) is 8.75. The van der Waals surface area contributed by atoms with Gasteiger partial charge in [0.1, 0.15) is 5.75 Å². The predicted octanol–water partition coefficient (Wildman–Crippen LogP) is 2.42. The summed E-state index contributed by atoms with van der Waals surface area (Å²) in [5.41, 5.74) is 3.17. The van der Waals surface area contributed by atoms with Gasteiger partial charge >= 0.3 is 11.7 Å². The van der Waals surface area contributed by atoms with E-state index in [2.05, 4.69) is 15.3 Å². The van der Waals surface area contributed by atoms with Gasteiger partial charge in [-0.05, 0) is 50.1 Å². The third kappa shape index (κ3) is 4.40. The Hall–Kier alpha value is -3.55. The van der Waals surface area contributed by atoms with Gasteiger partial charge in [0.05, 0.1) is 11.0 Å². The summed E-state index contributed by atoms with van der Waals surface area (Å²) in [6.07, 6.45) is -1.00. The number of hydrogen-bond donors (Lipinski definition) is 3. The molecule has 0 bridgehead atoms. The number of nitrogens with one attached hydrogen (secondary N) is 3. The Morgan fingerprint density at radius 1 is 1.07 bits per heavy atom. The standard InChI is InChI=1S/C20H21N3O5/c1-11-5-4-6-12(2)18(11)27-10-17(24)28-13(3)19(25)21-14-7-8-15-16(9-14)23-20(26)22-15/h4-9,13H,10H2,1-3H3,(H,21,25)(H2,22,23,26)/t13-/m1/s1. The summed E-state index contributed by atoms with van der Waals surface area (Å²) in [6.45, 7) is 4.96. The van der Waals surface area contributed by atoms with Gasteiger partial charge in [0.15, 0.2) is 12.7 Å². The van der Waals surface area contributed by atoms with E-state index in [1.165, 1.54) is 6.92 Å². The van der Waals surface area contributed by atoms with Crippen molar-refractivity contribution in [3.63, 3.8) is 0 Å². The van der Waals surface area contributed by atoms with Crippen LogP contribution in [-0.2, 0) is 14.3 Å². The lowest BCUT2D eigenvalue weighted by atomic mass is 10.1. The van der Waals surface area contributed by atoms with E-state index in [0.717, 1.165) is 11.1 Å². The van der Waals surface area contributed by atoms with E-state index < -0.39 is 18.0 Å². The monoisotopic (exact) mass is 383 g/mol. The van der Waals surface area contributed by atoms with Crippen molar-refractivity contribution < 1.29 is 19.1 Å². The number of imidazole rings is 1. The van der Waals surface area contributed by atoms with E-state index in [9.17, 15) is 14.4 Å². The van der Waals surface area contributed by atoms with Crippen molar-refractivity contribution in [3.8, 4) is 5.75 Å². The average molecular weight is 383 g/mol. The largest absolute Gasteiger partial charge is 0.481 e. The summed E-state index contributed by atoms with van der Waals surface area (Å²) in [5, 5.41) is 2.65. The fourth-order valence-corrected chi connectivity index (χ4v) is 2.80. The van der Waals surface area contributed by atoms with Crippen LogP contribution in [0.5, 0.6) is 5.75 Å². The molecule has 1 amide bonds. The second kappa shape index (κ2) is 7.99. The van der Waals surface area contributed by atoms with Crippen molar-refractivity contribution in [3.05, 3.63) is 58.0 Å². The van der Waals surface area contributed by atoms with Gasteiger partial charge in [-0.25, -0.2) is 9.59 Å². The summed E-state index contributed by atoms with van der Waals surface area (Å²) < 4.78 is 10.7. The van der Waals surface area contributed by atoms with E-state index in [1.54, 1.807) is 18.2 Å². The number of hydrogen-bond acceptors (Lipinski definition) is 5. The number of amides is 1. The van der Waals surface area contributed by atoms with Crippen molar-refractivity contribution in [2.24, 2.45) is 0 Å². The minimum Gasteiger partial charge on any atom is -0.481 e. The first kappa shape index (κ1) is 19.2. The molecule has 0 fully saturated rings. The van der Waals surface area contributed by atoms with E-state index in [1.807, 2.05) is 32.0 Å². The van der Waals surface area contributed by atoms with Crippen molar-refractivity contribution in [2.45, 2.75) is 26.9 Å². The molecule has 3 N–H and O–H groups in total. The molecule has 0 unspecified atom stereocenters. The number of aryl methyl sites for hydroxylation is 2.